The third kappa shape index (κ3) is 3.06. The lowest BCUT2D eigenvalue weighted by molar-refractivity contribution is -0.142. The molecule has 0 fully saturated rings. The molecule has 0 heterocycles. The van der Waals surface area contributed by atoms with Crippen molar-refractivity contribution in [3.63, 3.8) is 0 Å². The molecule has 0 bridgehead atoms. The van der Waals surface area contributed by atoms with Crippen molar-refractivity contribution in [2.75, 3.05) is 0 Å². The molecular formula is C9H9BrO3. The first-order valence-electron chi connectivity index (χ1n) is 3.70. The third-order valence-corrected chi connectivity index (χ3v) is 1.97. The number of aromatic hydroxyl groups is 1. The fourth-order valence-electron chi connectivity index (χ4n) is 0.849. The summed E-state index contributed by atoms with van der Waals surface area (Å²) in [5.41, 5.74) is 0.588. The SMILES string of the molecule is CC(=O)OCc1cc(Br)ccc1O. The minimum atomic E-state index is -0.362. The number of halogens is 1. The molecule has 70 valence electrons. The van der Waals surface area contributed by atoms with Crippen molar-refractivity contribution in [3.05, 3.63) is 28.2 Å². The van der Waals surface area contributed by atoms with E-state index in [9.17, 15) is 9.90 Å². The third-order valence-electron chi connectivity index (χ3n) is 1.47. The summed E-state index contributed by atoms with van der Waals surface area (Å²) in [5, 5.41) is 9.34. The van der Waals surface area contributed by atoms with Crippen LogP contribution in [0.1, 0.15) is 12.5 Å². The van der Waals surface area contributed by atoms with Crippen molar-refractivity contribution in [2.24, 2.45) is 0 Å². The van der Waals surface area contributed by atoms with Crippen LogP contribution in [0.15, 0.2) is 22.7 Å². The van der Waals surface area contributed by atoms with E-state index in [-0.39, 0.29) is 18.3 Å². The summed E-state index contributed by atoms with van der Waals surface area (Å²) >= 11 is 3.25. The zero-order chi connectivity index (χ0) is 9.84. The Morgan fingerprint density at radius 2 is 2.31 bits per heavy atom. The first-order chi connectivity index (χ1) is 6.09. The highest BCUT2D eigenvalue weighted by Gasteiger charge is 2.03. The molecule has 0 radical (unpaired) electrons. The molecule has 0 amide bonds. The van der Waals surface area contributed by atoms with E-state index in [2.05, 4.69) is 15.9 Å². The number of benzene rings is 1. The Balaban J connectivity index is 2.75. The highest BCUT2D eigenvalue weighted by atomic mass is 79.9. The van der Waals surface area contributed by atoms with Crippen LogP contribution >= 0.6 is 15.9 Å². The van der Waals surface area contributed by atoms with Crippen LogP contribution in [-0.4, -0.2) is 11.1 Å². The molecule has 1 N–H and O–H groups in total. The van der Waals surface area contributed by atoms with Crippen molar-refractivity contribution < 1.29 is 14.6 Å². The number of phenols is 1. The summed E-state index contributed by atoms with van der Waals surface area (Å²) in [6.07, 6.45) is 0. The molecule has 0 unspecified atom stereocenters. The van der Waals surface area contributed by atoms with Gasteiger partial charge in [-0.25, -0.2) is 0 Å². The van der Waals surface area contributed by atoms with Crippen molar-refractivity contribution >= 4 is 21.9 Å². The molecule has 0 aliphatic heterocycles. The van der Waals surface area contributed by atoms with Crippen molar-refractivity contribution in [2.45, 2.75) is 13.5 Å². The highest BCUT2D eigenvalue weighted by molar-refractivity contribution is 9.10. The Labute approximate surface area is 84.5 Å². The molecule has 0 aliphatic rings. The summed E-state index contributed by atoms with van der Waals surface area (Å²) in [6, 6.07) is 4.97. The van der Waals surface area contributed by atoms with E-state index >= 15 is 0 Å². The molecular weight excluding hydrogens is 236 g/mol. The van der Waals surface area contributed by atoms with Crippen LogP contribution in [0.5, 0.6) is 5.75 Å². The molecule has 0 aromatic heterocycles. The van der Waals surface area contributed by atoms with Gasteiger partial charge in [0, 0.05) is 17.0 Å². The standard InChI is InChI=1S/C9H9BrO3/c1-6(11)13-5-7-4-8(10)2-3-9(7)12/h2-4,12H,5H2,1H3. The number of ether oxygens (including phenoxy) is 1. The quantitative estimate of drug-likeness (QED) is 0.812. The zero-order valence-electron chi connectivity index (χ0n) is 7.08. The van der Waals surface area contributed by atoms with Crippen LogP contribution in [-0.2, 0) is 16.1 Å². The lowest BCUT2D eigenvalue weighted by atomic mass is 10.2. The maximum absolute atomic E-state index is 10.5. The predicted octanol–water partition coefficient (Wildman–Crippen LogP) is 2.22. The molecule has 4 heteroatoms. The molecule has 0 aliphatic carbocycles. The van der Waals surface area contributed by atoms with Gasteiger partial charge < -0.3 is 9.84 Å². The number of esters is 1. The molecule has 1 rings (SSSR count). The lowest BCUT2D eigenvalue weighted by Crippen LogP contribution is -1.98. The molecule has 3 nitrogen and oxygen atoms in total. The van der Waals surface area contributed by atoms with Crippen molar-refractivity contribution in [1.29, 1.82) is 0 Å². The van der Waals surface area contributed by atoms with Gasteiger partial charge in [0.1, 0.15) is 12.4 Å². The summed E-state index contributed by atoms with van der Waals surface area (Å²) < 4.78 is 5.58. The van der Waals surface area contributed by atoms with Gasteiger partial charge in [0.2, 0.25) is 0 Å². The van der Waals surface area contributed by atoms with Gasteiger partial charge in [-0.15, -0.1) is 0 Å². The van der Waals surface area contributed by atoms with E-state index < -0.39 is 0 Å². The monoisotopic (exact) mass is 244 g/mol. The van der Waals surface area contributed by atoms with Crippen LogP contribution in [0.3, 0.4) is 0 Å². The maximum Gasteiger partial charge on any atom is 0.302 e. The second-order valence-corrected chi connectivity index (χ2v) is 3.47. The minimum Gasteiger partial charge on any atom is -0.508 e. The maximum atomic E-state index is 10.5. The van der Waals surface area contributed by atoms with Crippen LogP contribution in [0.25, 0.3) is 0 Å². The summed E-state index contributed by atoms with van der Waals surface area (Å²) in [4.78, 5) is 10.5. The van der Waals surface area contributed by atoms with E-state index in [1.807, 2.05) is 0 Å². The summed E-state index contributed by atoms with van der Waals surface area (Å²) in [7, 11) is 0. The van der Waals surface area contributed by atoms with Gasteiger partial charge in [-0.1, -0.05) is 15.9 Å². The molecule has 0 saturated carbocycles. The van der Waals surface area contributed by atoms with Gasteiger partial charge in [0.25, 0.3) is 0 Å². The summed E-state index contributed by atoms with van der Waals surface area (Å²) in [5.74, 6) is -0.233. The zero-order valence-corrected chi connectivity index (χ0v) is 8.67. The Morgan fingerprint density at radius 3 is 2.92 bits per heavy atom. The summed E-state index contributed by atoms with van der Waals surface area (Å²) in [6.45, 7) is 1.43. The number of carbonyl (C=O) groups excluding carboxylic acids is 1. The molecule has 1 aromatic carbocycles. The largest absolute Gasteiger partial charge is 0.508 e. The smallest absolute Gasteiger partial charge is 0.302 e. The number of rotatable bonds is 2. The van der Waals surface area contributed by atoms with Gasteiger partial charge in [-0.2, -0.15) is 0 Å². The number of hydrogen-bond acceptors (Lipinski definition) is 3. The fourth-order valence-corrected chi connectivity index (χ4v) is 1.26. The van der Waals surface area contributed by atoms with E-state index in [1.165, 1.54) is 6.92 Å². The second-order valence-electron chi connectivity index (χ2n) is 2.55. The van der Waals surface area contributed by atoms with Gasteiger partial charge in [-0.3, -0.25) is 4.79 Å². The number of hydrogen-bond donors (Lipinski definition) is 1. The van der Waals surface area contributed by atoms with Crippen LogP contribution in [0.4, 0.5) is 0 Å². The lowest BCUT2D eigenvalue weighted by Gasteiger charge is -2.04. The molecule has 13 heavy (non-hydrogen) atoms. The van der Waals surface area contributed by atoms with Gasteiger partial charge in [0.15, 0.2) is 0 Å². The Hall–Kier alpha value is -1.03. The average Bonchev–Trinajstić information content (AvgIpc) is 2.06. The minimum absolute atomic E-state index is 0.0978. The average molecular weight is 245 g/mol. The molecule has 0 saturated heterocycles. The van der Waals surface area contributed by atoms with Crippen LogP contribution in [0, 0.1) is 0 Å². The van der Waals surface area contributed by atoms with E-state index in [1.54, 1.807) is 18.2 Å². The highest BCUT2D eigenvalue weighted by Crippen LogP contribution is 2.22. The fraction of sp³-hybridized carbons (Fsp3) is 0.222. The normalized spacial score (nSPS) is 9.69. The Morgan fingerprint density at radius 1 is 1.62 bits per heavy atom. The van der Waals surface area contributed by atoms with E-state index in [4.69, 9.17) is 4.74 Å². The van der Waals surface area contributed by atoms with Gasteiger partial charge >= 0.3 is 5.97 Å². The topological polar surface area (TPSA) is 46.5 Å². The van der Waals surface area contributed by atoms with Gasteiger partial charge in [0.05, 0.1) is 0 Å². The van der Waals surface area contributed by atoms with Crippen LogP contribution < -0.4 is 0 Å². The molecule has 0 atom stereocenters. The number of carbonyl (C=O) groups is 1. The van der Waals surface area contributed by atoms with Crippen molar-refractivity contribution in [3.8, 4) is 5.75 Å². The predicted molar refractivity (Wildman–Crippen MR) is 51.3 cm³/mol. The first-order valence-corrected chi connectivity index (χ1v) is 4.49. The van der Waals surface area contributed by atoms with Gasteiger partial charge in [-0.05, 0) is 18.2 Å². The second kappa shape index (κ2) is 4.28. The Kier molecular flexibility index (Phi) is 3.31. The first kappa shape index (κ1) is 10.1. The van der Waals surface area contributed by atoms with Crippen LogP contribution in [0.2, 0.25) is 0 Å². The molecule has 0 spiro atoms. The van der Waals surface area contributed by atoms with E-state index in [0.29, 0.717) is 5.56 Å². The Bertz CT molecular complexity index is 323. The van der Waals surface area contributed by atoms with Crippen molar-refractivity contribution in [1.82, 2.24) is 0 Å². The van der Waals surface area contributed by atoms with E-state index in [0.717, 1.165) is 4.47 Å². The number of phenolic OH excluding ortho intramolecular Hbond substituents is 1. The molecule has 1 aromatic rings.